The number of benzene rings is 1. The molecule has 3 aliphatic rings. The zero-order chi connectivity index (χ0) is 18.1. The van der Waals surface area contributed by atoms with Crippen molar-refractivity contribution >= 4 is 17.5 Å². The first-order chi connectivity index (χ1) is 12.6. The normalized spacial score (nSPS) is 22.9. The van der Waals surface area contributed by atoms with Gasteiger partial charge in [0.05, 0.1) is 37.9 Å². The number of hydrogen-bond donors (Lipinski definition) is 1. The summed E-state index contributed by atoms with van der Waals surface area (Å²) >= 11 is 0. The number of piperazine rings is 1. The number of nitrogens with zero attached hydrogens (tertiary/aromatic N) is 2. The molecule has 0 aromatic heterocycles. The highest BCUT2D eigenvalue weighted by atomic mass is 19.1. The van der Waals surface area contributed by atoms with Crippen molar-refractivity contribution in [2.45, 2.75) is 38.1 Å². The van der Waals surface area contributed by atoms with Crippen LogP contribution in [0.5, 0.6) is 0 Å². The molecular weight excluding hydrogens is 333 g/mol. The number of anilines is 1. The molecule has 0 atom stereocenters. The van der Waals surface area contributed by atoms with E-state index in [1.165, 1.54) is 62.4 Å². The second kappa shape index (κ2) is 7.19. The van der Waals surface area contributed by atoms with Gasteiger partial charge in [-0.25, -0.2) is 9.29 Å². The zero-order valence-corrected chi connectivity index (χ0v) is 14.9. The van der Waals surface area contributed by atoms with Crippen LogP contribution in [0, 0.1) is 5.82 Å². The smallest absolute Gasteiger partial charge is 0.281 e. The Morgan fingerprint density at radius 2 is 1.62 bits per heavy atom. The Morgan fingerprint density at radius 1 is 0.962 bits per heavy atom. The van der Waals surface area contributed by atoms with Gasteiger partial charge >= 0.3 is 0 Å². The first-order valence-electron chi connectivity index (χ1n) is 9.59. The van der Waals surface area contributed by atoms with Gasteiger partial charge in [-0.3, -0.25) is 9.59 Å². The topological polar surface area (TPSA) is 45.1 Å². The monoisotopic (exact) mass is 358 g/mol. The third-order valence-electron chi connectivity index (χ3n) is 5.92. The first-order valence-corrected chi connectivity index (χ1v) is 9.59. The number of carbonyl (C=O) groups excluding carboxylic acids is 2. The van der Waals surface area contributed by atoms with E-state index in [4.69, 9.17) is 0 Å². The summed E-state index contributed by atoms with van der Waals surface area (Å²) in [5.41, 5.74) is 0.890. The molecule has 1 aliphatic carbocycles. The van der Waals surface area contributed by atoms with Gasteiger partial charge in [-0.05, 0) is 49.9 Å². The minimum absolute atomic E-state index is 0.303. The average Bonchev–Trinajstić information content (AvgIpc) is 2.98. The Morgan fingerprint density at radius 3 is 2.27 bits per heavy atom. The van der Waals surface area contributed by atoms with Crippen molar-refractivity contribution in [3.8, 4) is 0 Å². The summed E-state index contributed by atoms with van der Waals surface area (Å²) in [5, 5.41) is 0. The Labute approximate surface area is 153 Å². The molecule has 0 radical (unpaired) electrons. The SMILES string of the molecule is O=C1C=C(N2CC[NH+](C3CCCCC3)CC2)C(=O)N1c1ccc(F)cc1. The molecule has 4 rings (SSSR count). The van der Waals surface area contributed by atoms with Gasteiger partial charge in [0, 0.05) is 6.08 Å². The number of carbonyl (C=O) groups is 2. The average molecular weight is 358 g/mol. The summed E-state index contributed by atoms with van der Waals surface area (Å²) in [6.07, 6.45) is 8.09. The van der Waals surface area contributed by atoms with Crippen molar-refractivity contribution in [1.82, 2.24) is 4.90 Å². The van der Waals surface area contributed by atoms with Gasteiger partial charge in [-0.15, -0.1) is 0 Å². The van der Waals surface area contributed by atoms with Crippen LogP contribution < -0.4 is 9.80 Å². The highest BCUT2D eigenvalue weighted by molar-refractivity contribution is 6.30. The van der Waals surface area contributed by atoms with E-state index in [0.717, 1.165) is 37.1 Å². The van der Waals surface area contributed by atoms with Crippen LogP contribution in [0.3, 0.4) is 0 Å². The first kappa shape index (κ1) is 17.2. The number of amides is 2. The lowest BCUT2D eigenvalue weighted by Gasteiger charge is -2.38. The van der Waals surface area contributed by atoms with E-state index in [1.807, 2.05) is 4.90 Å². The van der Waals surface area contributed by atoms with Crippen molar-refractivity contribution in [2.24, 2.45) is 0 Å². The van der Waals surface area contributed by atoms with Gasteiger partial charge < -0.3 is 9.80 Å². The quantitative estimate of drug-likeness (QED) is 0.824. The lowest BCUT2D eigenvalue weighted by Crippen LogP contribution is -3.18. The molecule has 138 valence electrons. The third-order valence-corrected chi connectivity index (χ3v) is 5.92. The van der Waals surface area contributed by atoms with E-state index in [-0.39, 0.29) is 17.6 Å². The molecule has 2 fully saturated rings. The van der Waals surface area contributed by atoms with Crippen LogP contribution in [0.15, 0.2) is 36.0 Å². The second-order valence-electron chi connectivity index (χ2n) is 7.47. The van der Waals surface area contributed by atoms with Gasteiger partial charge in [-0.2, -0.15) is 0 Å². The van der Waals surface area contributed by atoms with Gasteiger partial charge in [-0.1, -0.05) is 6.42 Å². The molecule has 1 aromatic carbocycles. The molecule has 6 heteroatoms. The molecule has 1 saturated carbocycles. The fourth-order valence-corrected chi connectivity index (χ4v) is 4.47. The van der Waals surface area contributed by atoms with Gasteiger partial charge in [0.25, 0.3) is 11.8 Å². The predicted octanol–water partition coefficient (Wildman–Crippen LogP) is 1.12. The summed E-state index contributed by atoms with van der Waals surface area (Å²) in [6, 6.07) is 6.22. The molecule has 0 unspecified atom stereocenters. The number of quaternary nitrogens is 1. The molecule has 2 heterocycles. The minimum atomic E-state index is -0.386. The summed E-state index contributed by atoms with van der Waals surface area (Å²) < 4.78 is 13.1. The van der Waals surface area contributed by atoms with Crippen LogP contribution in [-0.4, -0.2) is 48.9 Å². The fourth-order valence-electron chi connectivity index (χ4n) is 4.47. The summed E-state index contributed by atoms with van der Waals surface area (Å²) in [7, 11) is 0. The van der Waals surface area contributed by atoms with E-state index in [2.05, 4.69) is 0 Å². The van der Waals surface area contributed by atoms with Gasteiger partial charge in [0.15, 0.2) is 0 Å². The molecule has 0 spiro atoms. The Hall–Kier alpha value is -2.21. The second-order valence-corrected chi connectivity index (χ2v) is 7.47. The Balaban J connectivity index is 1.41. The molecule has 5 nitrogen and oxygen atoms in total. The summed E-state index contributed by atoms with van der Waals surface area (Å²) in [4.78, 5) is 29.9. The van der Waals surface area contributed by atoms with Crippen LogP contribution in [0.2, 0.25) is 0 Å². The van der Waals surface area contributed by atoms with Crippen LogP contribution in [0.25, 0.3) is 0 Å². The maximum Gasteiger partial charge on any atom is 0.281 e. The van der Waals surface area contributed by atoms with Crippen molar-refractivity contribution in [2.75, 3.05) is 31.1 Å². The Bertz CT molecular complexity index is 717. The maximum atomic E-state index is 13.1. The molecule has 0 bridgehead atoms. The molecule has 26 heavy (non-hydrogen) atoms. The maximum absolute atomic E-state index is 13.1. The van der Waals surface area contributed by atoms with Crippen molar-refractivity contribution in [1.29, 1.82) is 0 Å². The number of nitrogens with one attached hydrogen (secondary N) is 1. The van der Waals surface area contributed by atoms with Crippen molar-refractivity contribution in [3.05, 3.63) is 41.9 Å². The summed E-state index contributed by atoms with van der Waals surface area (Å²) in [6.45, 7) is 3.63. The molecule has 1 saturated heterocycles. The predicted molar refractivity (Wildman–Crippen MR) is 96.1 cm³/mol. The summed E-state index contributed by atoms with van der Waals surface area (Å²) in [5.74, 6) is -1.04. The van der Waals surface area contributed by atoms with Crippen LogP contribution >= 0.6 is 0 Å². The Kier molecular flexibility index (Phi) is 4.76. The highest BCUT2D eigenvalue weighted by Crippen LogP contribution is 2.25. The van der Waals surface area contributed by atoms with Gasteiger partial charge in [0.1, 0.15) is 11.5 Å². The van der Waals surface area contributed by atoms with Crippen molar-refractivity contribution in [3.63, 3.8) is 0 Å². The van der Waals surface area contributed by atoms with Crippen LogP contribution in [0.4, 0.5) is 10.1 Å². The van der Waals surface area contributed by atoms with Crippen LogP contribution in [0.1, 0.15) is 32.1 Å². The minimum Gasteiger partial charge on any atom is -0.356 e. The fraction of sp³-hybridized carbons (Fsp3) is 0.500. The molecule has 2 amide bonds. The number of halogens is 1. The lowest BCUT2D eigenvalue weighted by atomic mass is 9.94. The van der Waals surface area contributed by atoms with E-state index in [9.17, 15) is 14.0 Å². The number of hydrogen-bond acceptors (Lipinski definition) is 3. The molecule has 1 aromatic rings. The lowest BCUT2D eigenvalue weighted by molar-refractivity contribution is -0.930. The molecule has 1 N–H and O–H groups in total. The molecule has 2 aliphatic heterocycles. The standard InChI is InChI=1S/C20H24FN3O2/c21-15-6-8-17(9-7-15)24-19(25)14-18(20(24)26)23-12-10-22(11-13-23)16-4-2-1-3-5-16/h6-9,14,16H,1-5,10-13H2/p+1. The van der Waals surface area contributed by atoms with E-state index in [0.29, 0.717) is 11.4 Å². The van der Waals surface area contributed by atoms with E-state index >= 15 is 0 Å². The molecular formula is C20H25FN3O2+. The van der Waals surface area contributed by atoms with Gasteiger partial charge in [0.2, 0.25) is 0 Å². The number of imide groups is 1. The van der Waals surface area contributed by atoms with Crippen LogP contribution in [-0.2, 0) is 9.59 Å². The number of rotatable bonds is 3. The zero-order valence-electron chi connectivity index (χ0n) is 14.9. The largest absolute Gasteiger partial charge is 0.356 e. The van der Waals surface area contributed by atoms with Crippen molar-refractivity contribution < 1.29 is 18.9 Å². The van der Waals surface area contributed by atoms with E-state index < -0.39 is 0 Å². The third kappa shape index (κ3) is 3.26. The highest BCUT2D eigenvalue weighted by Gasteiger charge is 2.38. The van der Waals surface area contributed by atoms with E-state index in [1.54, 1.807) is 4.90 Å².